The van der Waals surface area contributed by atoms with Gasteiger partial charge in [-0.15, -0.1) is 6.42 Å². The van der Waals surface area contributed by atoms with Crippen LogP contribution in [0.25, 0.3) is 0 Å². The van der Waals surface area contributed by atoms with Gasteiger partial charge in [0.25, 0.3) is 5.96 Å². The van der Waals surface area contributed by atoms with E-state index in [4.69, 9.17) is 12.2 Å². The molecule has 0 aliphatic carbocycles. The SMILES string of the molecule is C#CCN/C(N)=N\[N+](=O)[O-]. The van der Waals surface area contributed by atoms with Crippen molar-refractivity contribution >= 4 is 5.96 Å². The second kappa shape index (κ2) is 4.14. The van der Waals surface area contributed by atoms with Crippen LogP contribution in [0.3, 0.4) is 0 Å². The van der Waals surface area contributed by atoms with Crippen LogP contribution in [0.2, 0.25) is 0 Å². The summed E-state index contributed by atoms with van der Waals surface area (Å²) >= 11 is 0. The molecule has 0 aromatic rings. The highest BCUT2D eigenvalue weighted by atomic mass is 16.7. The first kappa shape index (κ1) is 8.23. The minimum atomic E-state index is -0.904. The molecule has 10 heavy (non-hydrogen) atoms. The van der Waals surface area contributed by atoms with Gasteiger partial charge in [0, 0.05) is 0 Å². The summed E-state index contributed by atoms with van der Waals surface area (Å²) in [5, 5.41) is 13.8. The first-order valence-electron chi connectivity index (χ1n) is 2.32. The Morgan fingerprint density at radius 3 is 3.00 bits per heavy atom. The molecular formula is C4H6N4O2. The zero-order valence-corrected chi connectivity index (χ0v) is 5.07. The Hall–Kier alpha value is -1.77. The molecule has 6 heteroatoms. The molecule has 0 heterocycles. The van der Waals surface area contributed by atoms with Gasteiger partial charge < -0.3 is 11.1 Å². The maximum absolute atomic E-state index is 9.62. The van der Waals surface area contributed by atoms with Gasteiger partial charge in [-0.05, 0) is 0 Å². The van der Waals surface area contributed by atoms with Crippen LogP contribution in [0.1, 0.15) is 0 Å². The molecule has 0 amide bonds. The van der Waals surface area contributed by atoms with Crippen molar-refractivity contribution in [1.82, 2.24) is 5.32 Å². The molecule has 6 nitrogen and oxygen atoms in total. The van der Waals surface area contributed by atoms with Crippen LogP contribution < -0.4 is 11.1 Å². The summed E-state index contributed by atoms with van der Waals surface area (Å²) < 4.78 is 0. The molecule has 0 aromatic carbocycles. The average molecular weight is 142 g/mol. The number of nitrogens with two attached hydrogens (primary N) is 1. The van der Waals surface area contributed by atoms with Crippen molar-refractivity contribution in [2.24, 2.45) is 10.8 Å². The average Bonchev–Trinajstić information content (AvgIpc) is 1.82. The topological polar surface area (TPSA) is 93.5 Å². The molecular weight excluding hydrogens is 136 g/mol. The van der Waals surface area contributed by atoms with E-state index >= 15 is 0 Å². The lowest BCUT2D eigenvalue weighted by Gasteiger charge is -1.93. The lowest BCUT2D eigenvalue weighted by molar-refractivity contribution is -0.485. The van der Waals surface area contributed by atoms with E-state index in [-0.39, 0.29) is 12.5 Å². The molecule has 0 saturated carbocycles. The Kier molecular flexibility index (Phi) is 3.41. The largest absolute Gasteiger partial charge is 0.365 e. The van der Waals surface area contributed by atoms with Crippen LogP contribution in [0.4, 0.5) is 0 Å². The monoisotopic (exact) mass is 142 g/mol. The highest BCUT2D eigenvalue weighted by Gasteiger charge is 1.94. The van der Waals surface area contributed by atoms with Crippen molar-refractivity contribution in [3.8, 4) is 12.3 Å². The third kappa shape index (κ3) is 4.39. The van der Waals surface area contributed by atoms with Gasteiger partial charge in [0.1, 0.15) is 5.10 Å². The van der Waals surface area contributed by atoms with E-state index in [0.29, 0.717) is 0 Å². The van der Waals surface area contributed by atoms with Crippen LogP contribution in [0.5, 0.6) is 0 Å². The minimum absolute atomic E-state index is 0.128. The van der Waals surface area contributed by atoms with Gasteiger partial charge in [0.2, 0.25) is 0 Å². The first-order chi connectivity index (χ1) is 4.66. The standard InChI is InChI=1S/C4H6N4O2/c1-2-3-6-4(5)7-8(9)10/h1H,3H2,(H3,5,6,7). The molecule has 3 N–H and O–H groups in total. The van der Waals surface area contributed by atoms with Gasteiger partial charge in [-0.3, -0.25) is 0 Å². The Morgan fingerprint density at radius 2 is 2.60 bits per heavy atom. The molecule has 0 unspecified atom stereocenters. The molecule has 0 fully saturated rings. The summed E-state index contributed by atoms with van der Waals surface area (Å²) in [4.78, 5) is 9.62. The zero-order valence-electron chi connectivity index (χ0n) is 5.07. The van der Waals surface area contributed by atoms with Crippen molar-refractivity contribution in [1.29, 1.82) is 0 Å². The molecule has 0 saturated heterocycles. The second-order valence-corrected chi connectivity index (χ2v) is 1.28. The lowest BCUT2D eigenvalue weighted by Crippen LogP contribution is -2.32. The second-order valence-electron chi connectivity index (χ2n) is 1.28. The summed E-state index contributed by atoms with van der Waals surface area (Å²) in [7, 11) is 0. The van der Waals surface area contributed by atoms with E-state index in [9.17, 15) is 10.1 Å². The first-order valence-corrected chi connectivity index (χ1v) is 2.32. The molecule has 0 aliphatic heterocycles. The zero-order chi connectivity index (χ0) is 7.98. The smallest absolute Gasteiger partial charge is 0.266 e. The van der Waals surface area contributed by atoms with Crippen molar-refractivity contribution in [3.05, 3.63) is 10.1 Å². The minimum Gasteiger partial charge on any atom is -0.365 e. The lowest BCUT2D eigenvalue weighted by atomic mass is 10.7. The summed E-state index contributed by atoms with van der Waals surface area (Å²) in [5.74, 6) is 1.89. The Morgan fingerprint density at radius 1 is 2.00 bits per heavy atom. The van der Waals surface area contributed by atoms with E-state index in [1.807, 2.05) is 0 Å². The van der Waals surface area contributed by atoms with E-state index in [2.05, 4.69) is 16.3 Å². The number of hydrogen-bond acceptors (Lipinski definition) is 2. The summed E-state index contributed by atoms with van der Waals surface area (Å²) in [5.41, 5.74) is 4.96. The number of nitrogens with one attached hydrogen (secondary N) is 1. The third-order valence-electron chi connectivity index (χ3n) is 0.561. The number of guanidine groups is 1. The van der Waals surface area contributed by atoms with Crippen molar-refractivity contribution in [3.63, 3.8) is 0 Å². The number of hydrogen-bond donors (Lipinski definition) is 2. The van der Waals surface area contributed by atoms with Gasteiger partial charge in [0.05, 0.1) is 6.54 Å². The molecule has 0 radical (unpaired) electrons. The Labute approximate surface area is 57.2 Å². The van der Waals surface area contributed by atoms with Crippen LogP contribution >= 0.6 is 0 Å². The van der Waals surface area contributed by atoms with Crippen LogP contribution in [-0.2, 0) is 0 Å². The highest BCUT2D eigenvalue weighted by molar-refractivity contribution is 5.77. The maximum atomic E-state index is 9.62. The molecule has 0 aromatic heterocycles. The van der Waals surface area contributed by atoms with Crippen molar-refractivity contribution in [2.45, 2.75) is 0 Å². The van der Waals surface area contributed by atoms with Crippen molar-refractivity contribution < 1.29 is 5.03 Å². The van der Waals surface area contributed by atoms with Gasteiger partial charge >= 0.3 is 0 Å². The van der Waals surface area contributed by atoms with E-state index in [1.165, 1.54) is 0 Å². The number of nitrogens with zero attached hydrogens (tertiary/aromatic N) is 2. The van der Waals surface area contributed by atoms with Gasteiger partial charge in [-0.25, -0.2) is 10.1 Å². The summed E-state index contributed by atoms with van der Waals surface area (Å²) in [6, 6.07) is 0. The maximum Gasteiger partial charge on any atom is 0.266 e. The fourth-order valence-electron chi connectivity index (χ4n) is 0.265. The van der Waals surface area contributed by atoms with Gasteiger partial charge in [0.15, 0.2) is 5.03 Å². The molecule has 0 bridgehead atoms. The molecule has 0 spiro atoms. The Bertz CT molecular complexity index is 192. The van der Waals surface area contributed by atoms with E-state index < -0.39 is 5.03 Å². The Balaban J connectivity index is 3.74. The third-order valence-corrected chi connectivity index (χ3v) is 0.561. The summed E-state index contributed by atoms with van der Waals surface area (Å²) in [6.45, 7) is 0.128. The number of rotatable bonds is 2. The van der Waals surface area contributed by atoms with Crippen molar-refractivity contribution in [2.75, 3.05) is 6.54 Å². The normalized spacial score (nSPS) is 10.1. The predicted octanol–water partition coefficient (Wildman–Crippen LogP) is -1.28. The van der Waals surface area contributed by atoms with Gasteiger partial charge in [-0.1, -0.05) is 5.92 Å². The van der Waals surface area contributed by atoms with E-state index in [1.54, 1.807) is 0 Å². The highest BCUT2D eigenvalue weighted by Crippen LogP contribution is 1.67. The van der Waals surface area contributed by atoms with Crippen LogP contribution in [-0.4, -0.2) is 17.5 Å². The summed E-state index contributed by atoms with van der Waals surface area (Å²) in [6.07, 6.45) is 4.81. The van der Waals surface area contributed by atoms with Gasteiger partial charge in [-0.2, -0.15) is 0 Å². The fourth-order valence-corrected chi connectivity index (χ4v) is 0.265. The fraction of sp³-hybridized carbons (Fsp3) is 0.250. The number of nitro groups is 1. The van der Waals surface area contributed by atoms with E-state index in [0.717, 1.165) is 0 Å². The number of terminal acetylenes is 1. The van der Waals surface area contributed by atoms with Crippen LogP contribution in [0, 0.1) is 22.5 Å². The molecule has 0 aliphatic rings. The molecule has 0 rings (SSSR count). The van der Waals surface area contributed by atoms with Crippen LogP contribution in [0.15, 0.2) is 5.10 Å². The quantitative estimate of drug-likeness (QED) is 0.165. The predicted molar refractivity (Wildman–Crippen MR) is 35.5 cm³/mol. The number of hydrazone groups is 1. The molecule has 54 valence electrons. The molecule has 0 atom stereocenters.